The number of aromatic nitrogens is 1. The third-order valence-corrected chi connectivity index (χ3v) is 4.72. The van der Waals surface area contributed by atoms with Crippen LogP contribution in [0, 0.1) is 5.82 Å². The summed E-state index contributed by atoms with van der Waals surface area (Å²) in [5, 5.41) is 2.02. The van der Waals surface area contributed by atoms with Gasteiger partial charge in [0.05, 0.1) is 6.20 Å². The number of alkyl halides is 2. The number of anilines is 1. The molecular formula is C18H19F3N4O2S. The van der Waals surface area contributed by atoms with E-state index < -0.39 is 30.0 Å². The van der Waals surface area contributed by atoms with Gasteiger partial charge in [0.25, 0.3) is 5.91 Å². The van der Waals surface area contributed by atoms with Crippen LogP contribution in [0.15, 0.2) is 41.5 Å². The Morgan fingerprint density at radius 1 is 1.39 bits per heavy atom. The zero-order chi connectivity index (χ0) is 20.7. The lowest BCUT2D eigenvalue weighted by Crippen LogP contribution is -2.17. The minimum Gasteiger partial charge on any atom is -0.461 e. The fraction of sp³-hybridized carbons (Fsp3) is 0.278. The number of nitrogens with two attached hydrogens (primary N) is 1. The van der Waals surface area contributed by atoms with E-state index in [1.165, 1.54) is 37.5 Å². The molecule has 3 N–H and O–H groups in total. The van der Waals surface area contributed by atoms with Gasteiger partial charge in [-0.3, -0.25) is 9.79 Å². The monoisotopic (exact) mass is 412 g/mol. The first-order valence-corrected chi connectivity index (χ1v) is 9.02. The number of pyridine rings is 1. The van der Waals surface area contributed by atoms with E-state index in [4.69, 9.17) is 5.73 Å². The molecular weight excluding hydrogens is 393 g/mol. The molecule has 2 atom stereocenters. The van der Waals surface area contributed by atoms with Gasteiger partial charge in [0.15, 0.2) is 5.17 Å². The van der Waals surface area contributed by atoms with Gasteiger partial charge in [0.1, 0.15) is 23.4 Å². The zero-order valence-electron chi connectivity index (χ0n) is 15.2. The van der Waals surface area contributed by atoms with Crippen molar-refractivity contribution in [3.05, 3.63) is 53.6 Å². The Balaban J connectivity index is 2.14. The van der Waals surface area contributed by atoms with E-state index in [0.717, 1.165) is 17.8 Å². The maximum absolute atomic E-state index is 14.7. The molecule has 1 amide bonds. The third-order valence-electron chi connectivity index (χ3n) is 3.68. The van der Waals surface area contributed by atoms with Gasteiger partial charge >= 0.3 is 0 Å². The number of halogens is 3. The summed E-state index contributed by atoms with van der Waals surface area (Å²) in [5.74, 6) is -1.16. The summed E-state index contributed by atoms with van der Waals surface area (Å²) < 4.78 is 45.5. The molecule has 0 radical (unpaired) electrons. The first kappa shape index (κ1) is 21.5. The second-order valence-corrected chi connectivity index (χ2v) is 7.01. The highest BCUT2D eigenvalue weighted by atomic mass is 32.2. The van der Waals surface area contributed by atoms with Gasteiger partial charge in [0.2, 0.25) is 6.86 Å². The summed E-state index contributed by atoms with van der Waals surface area (Å²) in [6, 6.07) is 6.32. The Morgan fingerprint density at radius 3 is 2.75 bits per heavy atom. The van der Waals surface area contributed by atoms with Crippen LogP contribution in [0.2, 0.25) is 0 Å². The lowest BCUT2D eigenvalue weighted by atomic mass is 10.1. The summed E-state index contributed by atoms with van der Waals surface area (Å²) in [6.45, 7) is 0.547. The largest absolute Gasteiger partial charge is 0.461 e. The maximum atomic E-state index is 14.7. The fourth-order valence-electron chi connectivity index (χ4n) is 2.25. The van der Waals surface area contributed by atoms with Crippen molar-refractivity contribution in [2.45, 2.75) is 18.3 Å². The number of thioether (sulfide) groups is 1. The normalized spacial score (nSPS) is 13.7. The van der Waals surface area contributed by atoms with Crippen molar-refractivity contribution in [1.82, 2.24) is 4.98 Å². The molecule has 10 heteroatoms. The number of nitrogens with zero attached hydrogens (tertiary/aromatic N) is 2. The Morgan fingerprint density at radius 2 is 2.14 bits per heavy atom. The molecule has 1 aromatic heterocycles. The van der Waals surface area contributed by atoms with Crippen molar-refractivity contribution in [3.63, 3.8) is 0 Å². The standard InChI is InChI=1S/C18H19F3N4O2S/c1-10(28-18(22)23-2)16(21)13-7-11(3-5-14(13)20)25-17(26)15-6-4-12(8-24-15)27-9-19/h3-8,10,16H,9H2,1-2H3,(H2,22,23)(H,25,26)/t10-,16+/m1/s1. The Bertz CT molecular complexity index is 849. The SMILES string of the molecule is CN=C(N)S[C@H](C)[C@H](F)c1cc(NC(=O)c2ccc(OCF)cn2)ccc1F. The average Bonchev–Trinajstić information content (AvgIpc) is 2.69. The number of aliphatic imine (C=N–C) groups is 1. The smallest absolute Gasteiger partial charge is 0.274 e. The van der Waals surface area contributed by atoms with Gasteiger partial charge in [-0.1, -0.05) is 11.8 Å². The number of amidine groups is 1. The molecule has 0 spiro atoms. The molecule has 1 heterocycles. The first-order chi connectivity index (χ1) is 13.3. The topological polar surface area (TPSA) is 89.6 Å². The number of ether oxygens (including phenoxy) is 1. The van der Waals surface area contributed by atoms with Crippen LogP contribution >= 0.6 is 11.8 Å². The Hall–Kier alpha value is -2.75. The number of hydrogen-bond acceptors (Lipinski definition) is 5. The van der Waals surface area contributed by atoms with E-state index in [1.54, 1.807) is 6.92 Å². The van der Waals surface area contributed by atoms with Crippen molar-refractivity contribution < 1.29 is 22.7 Å². The van der Waals surface area contributed by atoms with E-state index >= 15 is 0 Å². The van der Waals surface area contributed by atoms with Crippen molar-refractivity contribution in [1.29, 1.82) is 0 Å². The van der Waals surface area contributed by atoms with E-state index in [9.17, 15) is 18.0 Å². The molecule has 0 unspecified atom stereocenters. The van der Waals surface area contributed by atoms with Crippen LogP contribution in [-0.4, -0.2) is 35.2 Å². The van der Waals surface area contributed by atoms with Gasteiger partial charge in [0, 0.05) is 23.5 Å². The number of nitrogens with one attached hydrogen (secondary N) is 1. The number of hydrogen-bond donors (Lipinski definition) is 2. The van der Waals surface area contributed by atoms with Gasteiger partial charge in [-0.05, 0) is 37.3 Å². The Kier molecular flexibility index (Phi) is 7.68. The van der Waals surface area contributed by atoms with E-state index in [2.05, 4.69) is 20.0 Å². The predicted octanol–water partition coefficient (Wildman–Crippen LogP) is 3.86. The van der Waals surface area contributed by atoms with E-state index in [1.807, 2.05) is 0 Å². The molecule has 6 nitrogen and oxygen atoms in total. The lowest BCUT2D eigenvalue weighted by molar-refractivity contribution is 0.102. The van der Waals surface area contributed by atoms with Crippen molar-refractivity contribution in [2.24, 2.45) is 10.7 Å². The molecule has 2 aromatic rings. The van der Waals surface area contributed by atoms with Crippen LogP contribution in [0.4, 0.5) is 18.9 Å². The highest BCUT2D eigenvalue weighted by Gasteiger charge is 2.24. The van der Waals surface area contributed by atoms with Crippen LogP contribution in [0.3, 0.4) is 0 Å². The van der Waals surface area contributed by atoms with E-state index in [0.29, 0.717) is 0 Å². The van der Waals surface area contributed by atoms with Crippen molar-refractivity contribution in [3.8, 4) is 5.75 Å². The van der Waals surface area contributed by atoms with Crippen LogP contribution in [0.5, 0.6) is 5.75 Å². The predicted molar refractivity (Wildman–Crippen MR) is 104 cm³/mol. The summed E-state index contributed by atoms with van der Waals surface area (Å²) in [6.07, 6.45) is -0.474. The highest BCUT2D eigenvalue weighted by molar-refractivity contribution is 8.14. The fourth-order valence-corrected chi connectivity index (χ4v) is 3.00. The summed E-state index contributed by atoms with van der Waals surface area (Å²) >= 11 is 0.983. The molecule has 0 aliphatic carbocycles. The van der Waals surface area contributed by atoms with Gasteiger partial charge < -0.3 is 15.8 Å². The molecule has 28 heavy (non-hydrogen) atoms. The minimum absolute atomic E-state index is 0.0322. The summed E-state index contributed by atoms with van der Waals surface area (Å²) in [5.41, 5.74) is 5.60. The second-order valence-electron chi connectivity index (χ2n) is 5.61. The molecule has 150 valence electrons. The molecule has 0 saturated heterocycles. The second kappa shape index (κ2) is 9.98. The number of rotatable bonds is 7. The molecule has 0 bridgehead atoms. The zero-order valence-corrected chi connectivity index (χ0v) is 16.0. The number of carbonyl (C=O) groups excluding carboxylic acids is 1. The molecule has 0 aliphatic rings. The minimum atomic E-state index is -1.67. The van der Waals surface area contributed by atoms with Gasteiger partial charge in [-0.25, -0.2) is 18.2 Å². The Labute approximate surface area is 164 Å². The number of amides is 1. The molecule has 2 rings (SSSR count). The number of benzene rings is 1. The quantitative estimate of drug-likeness (QED) is 0.533. The first-order valence-electron chi connectivity index (χ1n) is 8.14. The highest BCUT2D eigenvalue weighted by Crippen LogP contribution is 2.33. The number of carbonyl (C=O) groups is 1. The van der Waals surface area contributed by atoms with Crippen molar-refractivity contribution in [2.75, 3.05) is 19.2 Å². The van der Waals surface area contributed by atoms with Crippen LogP contribution in [-0.2, 0) is 0 Å². The van der Waals surface area contributed by atoms with Gasteiger partial charge in [-0.15, -0.1) is 0 Å². The molecule has 0 fully saturated rings. The lowest BCUT2D eigenvalue weighted by Gasteiger charge is -2.17. The maximum Gasteiger partial charge on any atom is 0.274 e. The van der Waals surface area contributed by atoms with E-state index in [-0.39, 0.29) is 27.9 Å². The van der Waals surface area contributed by atoms with Crippen LogP contribution in [0.25, 0.3) is 0 Å². The molecule has 1 aromatic carbocycles. The van der Waals surface area contributed by atoms with Crippen molar-refractivity contribution >= 4 is 28.5 Å². The third kappa shape index (κ3) is 5.62. The summed E-state index contributed by atoms with van der Waals surface area (Å²) in [4.78, 5) is 19.9. The average molecular weight is 412 g/mol. The summed E-state index contributed by atoms with van der Waals surface area (Å²) in [7, 11) is 1.48. The van der Waals surface area contributed by atoms with Crippen LogP contribution < -0.4 is 15.8 Å². The molecule has 0 saturated carbocycles. The molecule has 0 aliphatic heterocycles. The van der Waals surface area contributed by atoms with Gasteiger partial charge in [-0.2, -0.15) is 0 Å². The van der Waals surface area contributed by atoms with Crippen LogP contribution in [0.1, 0.15) is 29.1 Å².